The number of aryl methyl sites for hydroxylation is 2. The zero-order chi connectivity index (χ0) is 48.4. The standard InChI is InChI=1S/C56H60N4O/c1-36-25-26-57-52(27-36)60-49-23-17-14-20-46(49)53-37(2)28-43(35-51(53)60)61-44-30-38(45-19-13-15-21-47(45)56(9,10)11)29-42(34-44)59(12)50-24-18-16-22-48(50)58-41-32-39(54(3,4)5)31-40(33-41)55(6,7)8/h13-35,58H,1-12H3/i1D3,2D3. The van der Waals surface area contributed by atoms with Crippen LogP contribution in [0.25, 0.3) is 38.8 Å². The molecule has 5 nitrogen and oxygen atoms in total. The zero-order valence-corrected chi connectivity index (χ0v) is 37.0. The minimum absolute atomic E-state index is 0.0544. The van der Waals surface area contributed by atoms with Gasteiger partial charge in [-0.05, 0) is 130 Å². The smallest absolute Gasteiger partial charge is 0.137 e. The molecule has 0 unspecified atom stereocenters. The fourth-order valence-corrected chi connectivity index (χ4v) is 8.17. The summed E-state index contributed by atoms with van der Waals surface area (Å²) in [6.07, 6.45) is 1.47. The van der Waals surface area contributed by atoms with E-state index >= 15 is 0 Å². The second kappa shape index (κ2) is 15.6. The van der Waals surface area contributed by atoms with Crippen molar-refractivity contribution in [3.63, 3.8) is 0 Å². The predicted molar refractivity (Wildman–Crippen MR) is 260 cm³/mol. The number of para-hydroxylation sites is 3. The molecule has 0 spiro atoms. The Hall–Kier alpha value is -6.33. The van der Waals surface area contributed by atoms with Crippen molar-refractivity contribution < 1.29 is 13.0 Å². The number of anilines is 4. The molecule has 2 aromatic heterocycles. The van der Waals surface area contributed by atoms with Gasteiger partial charge in [0.15, 0.2) is 0 Å². The largest absolute Gasteiger partial charge is 0.457 e. The van der Waals surface area contributed by atoms with Crippen LogP contribution in [0.15, 0.2) is 140 Å². The first-order valence-corrected chi connectivity index (χ1v) is 21.0. The molecule has 0 atom stereocenters. The van der Waals surface area contributed by atoms with Gasteiger partial charge in [-0.1, -0.05) is 123 Å². The van der Waals surface area contributed by atoms with Gasteiger partial charge in [0.25, 0.3) is 0 Å². The highest BCUT2D eigenvalue weighted by Crippen LogP contribution is 2.43. The molecule has 2 heterocycles. The first kappa shape index (κ1) is 34.4. The van der Waals surface area contributed by atoms with E-state index in [2.05, 4.69) is 132 Å². The summed E-state index contributed by atoms with van der Waals surface area (Å²) in [4.78, 5) is 6.77. The highest BCUT2D eigenvalue weighted by molar-refractivity contribution is 6.11. The van der Waals surface area contributed by atoms with Crippen LogP contribution in [-0.2, 0) is 16.2 Å². The van der Waals surface area contributed by atoms with E-state index in [0.717, 1.165) is 33.9 Å². The maximum atomic E-state index is 8.80. The topological polar surface area (TPSA) is 42.3 Å². The van der Waals surface area contributed by atoms with E-state index in [0.29, 0.717) is 39.1 Å². The molecule has 0 aliphatic heterocycles. The molecule has 0 saturated heterocycles. The quantitative estimate of drug-likeness (QED) is 0.166. The van der Waals surface area contributed by atoms with Crippen LogP contribution in [0.1, 0.15) is 98.4 Å². The highest BCUT2D eigenvalue weighted by atomic mass is 16.5. The summed E-state index contributed by atoms with van der Waals surface area (Å²) in [5.41, 5.74) is 10.5. The highest BCUT2D eigenvalue weighted by Gasteiger charge is 2.24. The number of ether oxygens (including phenoxy) is 1. The molecule has 61 heavy (non-hydrogen) atoms. The Bertz CT molecular complexity index is 3110. The Kier molecular flexibility index (Phi) is 8.80. The summed E-state index contributed by atoms with van der Waals surface area (Å²) in [6.45, 7) is 15.1. The maximum Gasteiger partial charge on any atom is 0.137 e. The molecule has 0 radical (unpaired) electrons. The molecular formula is C56H60N4O. The van der Waals surface area contributed by atoms with Crippen molar-refractivity contribution in [3.8, 4) is 28.4 Å². The summed E-state index contributed by atoms with van der Waals surface area (Å²) in [7, 11) is 2.04. The van der Waals surface area contributed by atoms with Gasteiger partial charge in [-0.25, -0.2) is 4.98 Å². The van der Waals surface area contributed by atoms with Crippen molar-refractivity contribution >= 4 is 44.6 Å². The minimum Gasteiger partial charge on any atom is -0.457 e. The molecule has 0 bridgehead atoms. The Labute approximate surface area is 371 Å². The Balaban J connectivity index is 1.31. The molecular weight excluding hydrogens is 745 g/mol. The van der Waals surface area contributed by atoms with Gasteiger partial charge in [0, 0.05) is 55.7 Å². The SMILES string of the molecule is [2H]C([2H])([2H])c1ccnc(-n2c3ccccc3c3c(C([2H])([2H])[2H])cc(Oc4cc(-c5ccccc5C(C)(C)C)cc(N(C)c5ccccc5Nc5cc(C(C)(C)C)cc(C(C)(C)C)c5)c4)cc32)c1. The molecule has 0 aliphatic carbocycles. The summed E-state index contributed by atoms with van der Waals surface area (Å²) in [6, 6.07) is 43.6. The number of hydrogen-bond donors (Lipinski definition) is 1. The molecule has 8 aromatic rings. The molecule has 8 rings (SSSR count). The maximum absolute atomic E-state index is 8.80. The van der Waals surface area contributed by atoms with Crippen molar-refractivity contribution in [2.24, 2.45) is 0 Å². The van der Waals surface area contributed by atoms with Crippen LogP contribution in [0.5, 0.6) is 11.5 Å². The summed E-state index contributed by atoms with van der Waals surface area (Å²) >= 11 is 0. The number of rotatable bonds is 8. The summed E-state index contributed by atoms with van der Waals surface area (Å²) in [5, 5.41) is 5.01. The monoisotopic (exact) mass is 811 g/mol. The third kappa shape index (κ3) is 8.39. The van der Waals surface area contributed by atoms with E-state index in [4.69, 9.17) is 13.0 Å². The van der Waals surface area contributed by atoms with Crippen molar-refractivity contribution in [2.75, 3.05) is 17.3 Å². The average Bonchev–Trinajstić information content (AvgIpc) is 3.58. The van der Waals surface area contributed by atoms with Crippen LogP contribution < -0.4 is 15.0 Å². The number of aromatic nitrogens is 2. The first-order valence-electron chi connectivity index (χ1n) is 24.0. The fraction of sp³-hybridized carbons (Fsp3) is 0.268. The van der Waals surface area contributed by atoms with E-state index in [-0.39, 0.29) is 27.4 Å². The van der Waals surface area contributed by atoms with Crippen LogP contribution in [0.2, 0.25) is 0 Å². The Morgan fingerprint density at radius 2 is 1.33 bits per heavy atom. The minimum atomic E-state index is -2.53. The lowest BCUT2D eigenvalue weighted by Crippen LogP contribution is -2.17. The van der Waals surface area contributed by atoms with Crippen LogP contribution in [0, 0.1) is 13.7 Å². The van der Waals surface area contributed by atoms with Gasteiger partial charge < -0.3 is 15.0 Å². The second-order valence-electron chi connectivity index (χ2n) is 19.2. The first-order chi connectivity index (χ1) is 31.3. The number of hydrogen-bond acceptors (Lipinski definition) is 4. The van der Waals surface area contributed by atoms with Gasteiger partial charge in [-0.2, -0.15) is 0 Å². The molecule has 1 N–H and O–H groups in total. The van der Waals surface area contributed by atoms with Gasteiger partial charge in [0.1, 0.15) is 17.3 Å². The summed E-state index contributed by atoms with van der Waals surface area (Å²) in [5.74, 6) is 1.16. The van der Waals surface area contributed by atoms with Gasteiger partial charge >= 0.3 is 0 Å². The number of pyridine rings is 1. The van der Waals surface area contributed by atoms with Crippen LogP contribution in [0.4, 0.5) is 22.7 Å². The second-order valence-corrected chi connectivity index (χ2v) is 19.2. The van der Waals surface area contributed by atoms with Gasteiger partial charge in [0.2, 0.25) is 0 Å². The van der Waals surface area contributed by atoms with E-state index in [1.807, 2.05) is 72.3 Å². The van der Waals surface area contributed by atoms with Crippen molar-refractivity contribution in [2.45, 2.75) is 92.3 Å². The van der Waals surface area contributed by atoms with Gasteiger partial charge in [0.05, 0.1) is 22.4 Å². The normalized spacial score (nSPS) is 14.1. The number of nitrogens with zero attached hydrogens (tertiary/aromatic N) is 3. The third-order valence-corrected chi connectivity index (χ3v) is 11.5. The lowest BCUT2D eigenvalue weighted by Gasteiger charge is -2.28. The van der Waals surface area contributed by atoms with Crippen LogP contribution >= 0.6 is 0 Å². The number of nitrogens with one attached hydrogen (secondary N) is 1. The van der Waals surface area contributed by atoms with Crippen LogP contribution in [0.3, 0.4) is 0 Å². The fourth-order valence-electron chi connectivity index (χ4n) is 8.17. The molecule has 310 valence electrons. The lowest BCUT2D eigenvalue weighted by molar-refractivity contribution is 0.483. The van der Waals surface area contributed by atoms with Crippen molar-refractivity contribution in [1.29, 1.82) is 0 Å². The Morgan fingerprint density at radius 1 is 0.639 bits per heavy atom. The molecule has 0 aliphatic rings. The van der Waals surface area contributed by atoms with E-state index in [9.17, 15) is 0 Å². The molecule has 5 heteroatoms. The molecule has 0 fully saturated rings. The zero-order valence-electron chi connectivity index (χ0n) is 43.0. The lowest BCUT2D eigenvalue weighted by atomic mass is 9.80. The number of benzene rings is 6. The van der Waals surface area contributed by atoms with Gasteiger partial charge in [-0.3, -0.25) is 4.57 Å². The van der Waals surface area contributed by atoms with E-state index < -0.39 is 13.7 Å². The van der Waals surface area contributed by atoms with Crippen molar-refractivity contribution in [3.05, 3.63) is 167 Å². The average molecular weight is 811 g/mol. The predicted octanol–water partition coefficient (Wildman–Crippen LogP) is 15.7. The number of fused-ring (bicyclic) bond motifs is 3. The molecule has 6 aromatic carbocycles. The van der Waals surface area contributed by atoms with Gasteiger partial charge in [-0.15, -0.1) is 0 Å². The molecule has 0 saturated carbocycles. The van der Waals surface area contributed by atoms with E-state index in [1.165, 1.54) is 35.0 Å². The molecule has 0 amide bonds. The Morgan fingerprint density at radius 3 is 2.05 bits per heavy atom. The van der Waals surface area contributed by atoms with Crippen molar-refractivity contribution in [1.82, 2.24) is 9.55 Å². The summed E-state index contributed by atoms with van der Waals surface area (Å²) < 4.78 is 59.5. The van der Waals surface area contributed by atoms with E-state index in [1.54, 1.807) is 6.07 Å². The van der Waals surface area contributed by atoms with Crippen LogP contribution in [-0.4, -0.2) is 16.6 Å². The third-order valence-electron chi connectivity index (χ3n) is 11.5.